The predicted octanol–water partition coefficient (Wildman–Crippen LogP) is 0.357. The van der Waals surface area contributed by atoms with Crippen LogP contribution in [0, 0.1) is 0 Å². The van der Waals surface area contributed by atoms with Crippen LogP contribution in [-0.4, -0.2) is 57.5 Å². The standard InChI is InChI=1S/C11H20N6OS/c1-3-9-13-11(19-15-9)17-6-4-16(5-7-17)8(2)10(12)14-18/h8,18H,3-7H2,1-2H3,(H2,12,14). The van der Waals surface area contributed by atoms with Crippen LogP contribution < -0.4 is 10.6 Å². The molecule has 0 aliphatic carbocycles. The Morgan fingerprint density at radius 2 is 2.16 bits per heavy atom. The zero-order valence-corrected chi connectivity index (χ0v) is 12.1. The van der Waals surface area contributed by atoms with Gasteiger partial charge in [0.05, 0.1) is 6.04 Å². The maximum atomic E-state index is 8.71. The molecule has 0 saturated carbocycles. The molecule has 0 aromatic carbocycles. The quantitative estimate of drug-likeness (QED) is 0.359. The van der Waals surface area contributed by atoms with Gasteiger partial charge >= 0.3 is 0 Å². The molecule has 1 unspecified atom stereocenters. The molecule has 0 bridgehead atoms. The first-order chi connectivity index (χ1) is 9.15. The van der Waals surface area contributed by atoms with Crippen LogP contribution in [0.5, 0.6) is 0 Å². The van der Waals surface area contributed by atoms with Gasteiger partial charge in [-0.05, 0) is 6.92 Å². The largest absolute Gasteiger partial charge is 0.409 e. The predicted molar refractivity (Wildman–Crippen MR) is 75.9 cm³/mol. The third-order valence-corrected chi connectivity index (χ3v) is 4.26. The second-order valence-corrected chi connectivity index (χ2v) is 5.30. The molecular formula is C11H20N6OS. The lowest BCUT2D eigenvalue weighted by Crippen LogP contribution is -2.53. The Balaban J connectivity index is 1.92. The SMILES string of the molecule is CCc1nsc(N2CCN(C(C)C(N)=NO)CC2)n1. The van der Waals surface area contributed by atoms with Crippen LogP contribution in [0.2, 0.25) is 0 Å². The average molecular weight is 284 g/mol. The van der Waals surface area contributed by atoms with Gasteiger partial charge in [0.15, 0.2) is 5.84 Å². The number of aryl methyl sites for hydroxylation is 1. The minimum absolute atomic E-state index is 0.0345. The van der Waals surface area contributed by atoms with Crippen molar-refractivity contribution in [1.29, 1.82) is 0 Å². The summed E-state index contributed by atoms with van der Waals surface area (Å²) in [6, 6.07) is -0.0345. The number of hydrogen-bond acceptors (Lipinski definition) is 7. The van der Waals surface area contributed by atoms with Crippen LogP contribution in [0.4, 0.5) is 5.13 Å². The van der Waals surface area contributed by atoms with E-state index in [1.54, 1.807) is 0 Å². The van der Waals surface area contributed by atoms with Gasteiger partial charge in [0, 0.05) is 44.1 Å². The molecule has 1 aliphatic heterocycles. The summed E-state index contributed by atoms with van der Waals surface area (Å²) in [5.74, 6) is 1.17. The lowest BCUT2D eigenvalue weighted by Gasteiger charge is -2.37. The number of piperazine rings is 1. The van der Waals surface area contributed by atoms with E-state index in [0.717, 1.165) is 43.6 Å². The van der Waals surface area contributed by atoms with E-state index in [2.05, 4.69) is 31.2 Å². The maximum absolute atomic E-state index is 8.71. The number of nitrogens with zero attached hydrogens (tertiary/aromatic N) is 5. The van der Waals surface area contributed by atoms with Crippen LogP contribution in [0.3, 0.4) is 0 Å². The van der Waals surface area contributed by atoms with Gasteiger partial charge < -0.3 is 15.8 Å². The van der Waals surface area contributed by atoms with E-state index in [1.165, 1.54) is 11.5 Å². The molecule has 7 nitrogen and oxygen atoms in total. The van der Waals surface area contributed by atoms with E-state index in [-0.39, 0.29) is 11.9 Å². The zero-order valence-electron chi connectivity index (χ0n) is 11.3. The number of oxime groups is 1. The van der Waals surface area contributed by atoms with Crippen molar-refractivity contribution in [3.8, 4) is 0 Å². The van der Waals surface area contributed by atoms with Crippen molar-refractivity contribution in [2.24, 2.45) is 10.9 Å². The fraction of sp³-hybridized carbons (Fsp3) is 0.727. The number of rotatable bonds is 4. The first-order valence-corrected chi connectivity index (χ1v) is 7.22. The zero-order chi connectivity index (χ0) is 13.8. The summed E-state index contributed by atoms with van der Waals surface area (Å²) in [7, 11) is 0. The molecular weight excluding hydrogens is 264 g/mol. The molecule has 8 heteroatoms. The molecule has 0 radical (unpaired) electrons. The average Bonchev–Trinajstić information content (AvgIpc) is 2.94. The molecule has 1 fully saturated rings. The second-order valence-electron chi connectivity index (χ2n) is 4.57. The molecule has 19 heavy (non-hydrogen) atoms. The van der Waals surface area contributed by atoms with Gasteiger partial charge in [0.2, 0.25) is 5.13 Å². The van der Waals surface area contributed by atoms with Gasteiger partial charge in [-0.3, -0.25) is 4.90 Å². The van der Waals surface area contributed by atoms with Crippen molar-refractivity contribution in [1.82, 2.24) is 14.3 Å². The lowest BCUT2D eigenvalue weighted by molar-refractivity contribution is 0.230. The Labute approximate surface area is 116 Å². The van der Waals surface area contributed by atoms with Crippen molar-refractivity contribution < 1.29 is 5.21 Å². The molecule has 1 aromatic heterocycles. The normalized spacial score (nSPS) is 19.7. The minimum atomic E-state index is -0.0345. The first-order valence-electron chi connectivity index (χ1n) is 6.44. The Bertz CT molecular complexity index is 440. The monoisotopic (exact) mass is 284 g/mol. The molecule has 1 aliphatic rings. The van der Waals surface area contributed by atoms with Crippen molar-refractivity contribution in [3.05, 3.63) is 5.82 Å². The summed E-state index contributed by atoms with van der Waals surface area (Å²) in [5.41, 5.74) is 5.64. The van der Waals surface area contributed by atoms with E-state index >= 15 is 0 Å². The van der Waals surface area contributed by atoms with E-state index in [0.29, 0.717) is 0 Å². The summed E-state index contributed by atoms with van der Waals surface area (Å²) in [5, 5.41) is 12.8. The van der Waals surface area contributed by atoms with Gasteiger partial charge in [-0.1, -0.05) is 12.1 Å². The number of amidine groups is 1. The van der Waals surface area contributed by atoms with Crippen molar-refractivity contribution in [2.45, 2.75) is 26.3 Å². The molecule has 3 N–H and O–H groups in total. The van der Waals surface area contributed by atoms with E-state index in [1.807, 2.05) is 6.92 Å². The summed E-state index contributed by atoms with van der Waals surface area (Å²) in [6.45, 7) is 7.53. The summed E-state index contributed by atoms with van der Waals surface area (Å²) >= 11 is 1.46. The maximum Gasteiger partial charge on any atom is 0.205 e. The molecule has 106 valence electrons. The molecule has 0 amide bonds. The highest BCUT2D eigenvalue weighted by atomic mass is 32.1. The topological polar surface area (TPSA) is 90.9 Å². The molecule has 1 aromatic rings. The Morgan fingerprint density at radius 1 is 1.47 bits per heavy atom. The summed E-state index contributed by atoms with van der Waals surface area (Å²) in [6.07, 6.45) is 0.872. The molecule has 2 heterocycles. The van der Waals surface area contributed by atoms with Crippen molar-refractivity contribution in [2.75, 3.05) is 31.1 Å². The molecule has 1 saturated heterocycles. The number of anilines is 1. The summed E-state index contributed by atoms with van der Waals surface area (Å²) in [4.78, 5) is 8.94. The smallest absolute Gasteiger partial charge is 0.205 e. The van der Waals surface area contributed by atoms with Crippen LogP contribution >= 0.6 is 11.5 Å². The highest BCUT2D eigenvalue weighted by molar-refractivity contribution is 7.09. The third-order valence-electron chi connectivity index (χ3n) is 3.45. The van der Waals surface area contributed by atoms with Crippen LogP contribution in [-0.2, 0) is 6.42 Å². The number of nitrogens with two attached hydrogens (primary N) is 1. The second kappa shape index (κ2) is 6.16. The lowest BCUT2D eigenvalue weighted by atomic mass is 10.2. The molecule has 1 atom stereocenters. The Kier molecular flexibility index (Phi) is 4.54. The Hall–Kier alpha value is -1.41. The summed E-state index contributed by atoms with van der Waals surface area (Å²) < 4.78 is 4.31. The van der Waals surface area contributed by atoms with Gasteiger partial charge in [-0.2, -0.15) is 4.37 Å². The van der Waals surface area contributed by atoms with E-state index in [4.69, 9.17) is 10.9 Å². The fourth-order valence-electron chi connectivity index (χ4n) is 2.09. The highest BCUT2D eigenvalue weighted by Crippen LogP contribution is 2.19. The van der Waals surface area contributed by atoms with Gasteiger partial charge in [0.25, 0.3) is 0 Å². The Morgan fingerprint density at radius 3 is 2.68 bits per heavy atom. The minimum Gasteiger partial charge on any atom is -0.409 e. The highest BCUT2D eigenvalue weighted by Gasteiger charge is 2.24. The van der Waals surface area contributed by atoms with Gasteiger partial charge in [-0.15, -0.1) is 0 Å². The number of aromatic nitrogens is 2. The third kappa shape index (κ3) is 3.13. The van der Waals surface area contributed by atoms with Crippen LogP contribution in [0.25, 0.3) is 0 Å². The molecule has 2 rings (SSSR count). The van der Waals surface area contributed by atoms with Gasteiger partial charge in [0.1, 0.15) is 5.82 Å². The van der Waals surface area contributed by atoms with Gasteiger partial charge in [-0.25, -0.2) is 4.98 Å². The van der Waals surface area contributed by atoms with E-state index < -0.39 is 0 Å². The number of hydrogen-bond donors (Lipinski definition) is 2. The van der Waals surface area contributed by atoms with Crippen LogP contribution in [0.1, 0.15) is 19.7 Å². The van der Waals surface area contributed by atoms with Crippen molar-refractivity contribution >= 4 is 22.5 Å². The van der Waals surface area contributed by atoms with E-state index in [9.17, 15) is 0 Å². The van der Waals surface area contributed by atoms with Crippen molar-refractivity contribution in [3.63, 3.8) is 0 Å². The van der Waals surface area contributed by atoms with Crippen LogP contribution in [0.15, 0.2) is 5.16 Å². The first kappa shape index (κ1) is 14.0. The fourth-order valence-corrected chi connectivity index (χ4v) is 2.89. The molecule has 0 spiro atoms.